The molecule has 0 fully saturated rings. The maximum Gasteiger partial charge on any atom is 0.338 e. The number of fused-ring (bicyclic) bond motifs is 4. The molecule has 0 saturated carbocycles. The van der Waals surface area contributed by atoms with E-state index in [0.717, 1.165) is 20.1 Å². The van der Waals surface area contributed by atoms with Gasteiger partial charge in [0.1, 0.15) is 23.4 Å². The Hall–Kier alpha value is -4.11. The summed E-state index contributed by atoms with van der Waals surface area (Å²) in [6.07, 6.45) is -1.17. The van der Waals surface area contributed by atoms with Gasteiger partial charge in [0, 0.05) is 29.0 Å². The fraction of sp³-hybridized carbons (Fsp3) is 0.231. The number of carbonyl (C=O) groups excluding carboxylic acids is 4. The minimum Gasteiger partial charge on any atom is -0.507 e. The van der Waals surface area contributed by atoms with Crippen LogP contribution in [0.25, 0.3) is 10.8 Å². The highest BCUT2D eigenvalue weighted by molar-refractivity contribution is 6.38. The molecule has 36 heavy (non-hydrogen) atoms. The number of phenols is 2. The van der Waals surface area contributed by atoms with Crippen molar-refractivity contribution in [3.8, 4) is 17.2 Å². The highest BCUT2D eigenvalue weighted by Crippen LogP contribution is 2.47. The van der Waals surface area contributed by atoms with Crippen molar-refractivity contribution in [1.29, 1.82) is 0 Å². The monoisotopic (exact) mass is 512 g/mol. The Morgan fingerprint density at radius 3 is 2.25 bits per heavy atom. The fourth-order valence-electron chi connectivity index (χ4n) is 4.63. The smallest absolute Gasteiger partial charge is 0.338 e. The Balaban J connectivity index is 2.13. The fourth-order valence-corrected chi connectivity index (χ4v) is 4.86. The zero-order valence-electron chi connectivity index (χ0n) is 19.9. The third kappa shape index (κ3) is 3.54. The van der Waals surface area contributed by atoms with Gasteiger partial charge < -0.3 is 24.4 Å². The maximum atomic E-state index is 13.8. The first-order valence-electron chi connectivity index (χ1n) is 10.7. The molecule has 0 amide bonds. The molecule has 1 aliphatic rings. The molecule has 0 aliphatic heterocycles. The molecule has 1 atom stereocenters. The summed E-state index contributed by atoms with van der Waals surface area (Å²) in [6, 6.07) is 4.05. The predicted octanol–water partition coefficient (Wildman–Crippen LogP) is 4.41. The number of carbonyl (C=O) groups is 4. The quantitative estimate of drug-likeness (QED) is 0.381. The molecular weight excluding hydrogens is 492 g/mol. The van der Waals surface area contributed by atoms with Crippen LogP contribution in [-0.4, -0.2) is 47.9 Å². The van der Waals surface area contributed by atoms with Gasteiger partial charge in [0.25, 0.3) is 0 Å². The van der Waals surface area contributed by atoms with Crippen molar-refractivity contribution in [3.63, 3.8) is 0 Å². The molecule has 2 N–H and O–H groups in total. The second-order valence-corrected chi connectivity index (χ2v) is 8.67. The number of ketones is 2. The first kappa shape index (κ1) is 25.0. The van der Waals surface area contributed by atoms with Crippen LogP contribution < -0.4 is 4.74 Å². The highest BCUT2D eigenvalue weighted by atomic mass is 35.5. The molecule has 3 aromatic carbocycles. The van der Waals surface area contributed by atoms with E-state index in [1.807, 2.05) is 0 Å². The standard InChI is InChI=1S/C26H21ClO9/c1-9-6-12-7-15(29)19-20(17(12)25(34-4)21(9)27)22(30)13-8-14(26(33)35-5)16(10(2)36-11(3)28)23(31)18(13)24(19)32/h6-8,10,29,31H,1-5H3/t10-/m0/s1. The lowest BCUT2D eigenvalue weighted by molar-refractivity contribution is -0.145. The average Bonchev–Trinajstić information content (AvgIpc) is 2.81. The largest absolute Gasteiger partial charge is 0.507 e. The Kier molecular flexibility index (Phi) is 6.13. The van der Waals surface area contributed by atoms with Crippen LogP contribution in [0.5, 0.6) is 17.2 Å². The zero-order valence-corrected chi connectivity index (χ0v) is 20.7. The Morgan fingerprint density at radius 1 is 1.00 bits per heavy atom. The van der Waals surface area contributed by atoms with Gasteiger partial charge in [-0.1, -0.05) is 11.6 Å². The maximum absolute atomic E-state index is 13.8. The van der Waals surface area contributed by atoms with Crippen molar-refractivity contribution in [3.05, 3.63) is 62.2 Å². The number of hydrogen-bond acceptors (Lipinski definition) is 9. The molecule has 0 aromatic heterocycles. The van der Waals surface area contributed by atoms with Crippen molar-refractivity contribution < 1.29 is 43.6 Å². The summed E-state index contributed by atoms with van der Waals surface area (Å²) in [6.45, 7) is 4.24. The lowest BCUT2D eigenvalue weighted by Gasteiger charge is -2.26. The van der Waals surface area contributed by atoms with Gasteiger partial charge in [-0.25, -0.2) is 4.79 Å². The van der Waals surface area contributed by atoms with E-state index >= 15 is 0 Å². The average molecular weight is 513 g/mol. The molecule has 0 spiro atoms. The number of halogens is 1. The summed E-state index contributed by atoms with van der Waals surface area (Å²) in [7, 11) is 2.45. The topological polar surface area (TPSA) is 136 Å². The third-order valence-corrected chi connectivity index (χ3v) is 6.58. The van der Waals surface area contributed by atoms with Crippen molar-refractivity contribution in [2.75, 3.05) is 14.2 Å². The van der Waals surface area contributed by atoms with E-state index in [-0.39, 0.29) is 44.0 Å². The summed E-state index contributed by atoms with van der Waals surface area (Å²) in [4.78, 5) is 51.7. The summed E-state index contributed by atoms with van der Waals surface area (Å²) < 4.78 is 15.4. The predicted molar refractivity (Wildman–Crippen MR) is 128 cm³/mol. The van der Waals surface area contributed by atoms with E-state index in [1.54, 1.807) is 13.0 Å². The minimum absolute atomic E-state index is 0.130. The van der Waals surface area contributed by atoms with E-state index in [4.69, 9.17) is 25.8 Å². The van der Waals surface area contributed by atoms with Gasteiger partial charge >= 0.3 is 11.9 Å². The van der Waals surface area contributed by atoms with Gasteiger partial charge in [0.15, 0.2) is 5.78 Å². The second-order valence-electron chi connectivity index (χ2n) is 8.29. The molecule has 4 rings (SSSR count). The second kappa shape index (κ2) is 8.83. The van der Waals surface area contributed by atoms with Crippen LogP contribution in [-0.2, 0) is 14.3 Å². The van der Waals surface area contributed by atoms with E-state index < -0.39 is 46.7 Å². The lowest BCUT2D eigenvalue weighted by Crippen LogP contribution is -2.24. The first-order valence-corrected chi connectivity index (χ1v) is 11.1. The van der Waals surface area contributed by atoms with Crippen molar-refractivity contribution in [2.24, 2.45) is 0 Å². The van der Waals surface area contributed by atoms with Gasteiger partial charge in [0.05, 0.1) is 35.9 Å². The number of ether oxygens (including phenoxy) is 3. The van der Waals surface area contributed by atoms with Crippen LogP contribution in [0.4, 0.5) is 0 Å². The number of aromatic hydroxyl groups is 2. The van der Waals surface area contributed by atoms with E-state index in [0.29, 0.717) is 10.9 Å². The number of phenolic OH excluding ortho intramolecular Hbond substituents is 2. The number of esters is 2. The van der Waals surface area contributed by atoms with Crippen LogP contribution in [0.2, 0.25) is 5.02 Å². The molecule has 186 valence electrons. The molecule has 0 radical (unpaired) electrons. The van der Waals surface area contributed by atoms with Gasteiger partial charge in [0.2, 0.25) is 5.78 Å². The van der Waals surface area contributed by atoms with E-state index in [9.17, 15) is 29.4 Å². The molecule has 9 nitrogen and oxygen atoms in total. The van der Waals surface area contributed by atoms with Crippen LogP contribution in [0.15, 0.2) is 18.2 Å². The molecule has 10 heteroatoms. The summed E-state index contributed by atoms with van der Waals surface area (Å²) in [5, 5.41) is 22.7. The van der Waals surface area contributed by atoms with Crippen molar-refractivity contribution >= 4 is 45.9 Å². The first-order chi connectivity index (χ1) is 16.9. The Labute approximate surface area is 210 Å². The molecule has 0 saturated heterocycles. The van der Waals surface area contributed by atoms with Gasteiger partial charge in [-0.05, 0) is 43.0 Å². The molecule has 0 bridgehead atoms. The molecule has 0 unspecified atom stereocenters. The number of benzene rings is 3. The van der Waals surface area contributed by atoms with Gasteiger partial charge in [-0.15, -0.1) is 0 Å². The normalized spacial score (nSPS) is 13.2. The van der Waals surface area contributed by atoms with Crippen molar-refractivity contribution in [1.82, 2.24) is 0 Å². The van der Waals surface area contributed by atoms with Crippen LogP contribution in [0.1, 0.15) is 73.3 Å². The van der Waals surface area contributed by atoms with Crippen LogP contribution >= 0.6 is 11.6 Å². The molecule has 0 heterocycles. The summed E-state index contributed by atoms with van der Waals surface area (Å²) >= 11 is 6.42. The molecular formula is C26H21ClO9. The summed E-state index contributed by atoms with van der Waals surface area (Å²) in [5.74, 6) is -4.36. The SMILES string of the molecule is COC(=O)c1cc2c(c(O)c1[C@H](C)OC(C)=O)C(=O)c1c(O)cc3cc(C)c(Cl)c(OC)c3c1C2=O. The van der Waals surface area contributed by atoms with Crippen LogP contribution in [0.3, 0.4) is 0 Å². The Morgan fingerprint density at radius 2 is 1.67 bits per heavy atom. The third-order valence-electron chi connectivity index (χ3n) is 6.11. The van der Waals surface area contributed by atoms with Gasteiger partial charge in [-0.2, -0.15) is 0 Å². The highest BCUT2D eigenvalue weighted by Gasteiger charge is 2.40. The van der Waals surface area contributed by atoms with Crippen LogP contribution in [0, 0.1) is 6.92 Å². The van der Waals surface area contributed by atoms with Crippen molar-refractivity contribution in [2.45, 2.75) is 26.9 Å². The zero-order chi connectivity index (χ0) is 26.6. The number of hydrogen-bond donors (Lipinski definition) is 2. The molecule has 1 aliphatic carbocycles. The Bertz CT molecular complexity index is 1520. The lowest BCUT2D eigenvalue weighted by atomic mass is 9.78. The number of aryl methyl sites for hydroxylation is 1. The minimum atomic E-state index is -1.17. The number of rotatable bonds is 4. The summed E-state index contributed by atoms with van der Waals surface area (Å²) in [5.41, 5.74) is -1.14. The van der Waals surface area contributed by atoms with E-state index in [2.05, 4.69) is 0 Å². The van der Waals surface area contributed by atoms with E-state index in [1.165, 1.54) is 20.1 Å². The number of methoxy groups -OCH3 is 2. The molecule has 3 aromatic rings. The van der Waals surface area contributed by atoms with Gasteiger partial charge in [-0.3, -0.25) is 14.4 Å².